The predicted molar refractivity (Wildman–Crippen MR) is 112 cm³/mol. The van der Waals surface area contributed by atoms with Crippen molar-refractivity contribution in [3.05, 3.63) is 71.8 Å². The van der Waals surface area contributed by atoms with Gasteiger partial charge in [0.15, 0.2) is 6.10 Å². The van der Waals surface area contributed by atoms with E-state index in [1.165, 1.54) is 7.11 Å². The lowest BCUT2D eigenvalue weighted by Gasteiger charge is -2.27. The van der Waals surface area contributed by atoms with Crippen LogP contribution < -0.4 is 10.6 Å². The lowest BCUT2D eigenvalue weighted by atomic mass is 9.96. The lowest BCUT2D eigenvalue weighted by Crippen LogP contribution is -2.52. The highest BCUT2D eigenvalue weighted by Gasteiger charge is 2.34. The first kappa shape index (κ1) is 23.1. The van der Waals surface area contributed by atoms with E-state index >= 15 is 0 Å². The standard InChI is InChI=1S/C23H28N2O5/c1-4-15(2)18(23(29)30-3)24-22(28)20(26)19(16-11-7-5-8-12-16)25-21(27)17-13-9-6-10-14-17/h5-15,18-20,26H,4H2,1-3H3,(H,24,28)(H,25,27)/t15-,18-,19+,20-/m1/s1. The molecule has 0 spiro atoms. The van der Waals surface area contributed by atoms with E-state index in [2.05, 4.69) is 10.6 Å². The molecule has 7 nitrogen and oxygen atoms in total. The summed E-state index contributed by atoms with van der Waals surface area (Å²) in [6.07, 6.45) is -0.987. The molecule has 0 saturated heterocycles. The normalized spacial score (nSPS) is 14.7. The van der Waals surface area contributed by atoms with Crippen molar-refractivity contribution < 1.29 is 24.2 Å². The molecule has 30 heavy (non-hydrogen) atoms. The van der Waals surface area contributed by atoms with Gasteiger partial charge in [-0.2, -0.15) is 0 Å². The Morgan fingerprint density at radius 1 is 0.967 bits per heavy atom. The molecule has 0 heterocycles. The second-order valence-corrected chi connectivity index (χ2v) is 7.07. The molecule has 7 heteroatoms. The Bertz CT molecular complexity index is 841. The van der Waals surface area contributed by atoms with Crippen LogP contribution in [0.2, 0.25) is 0 Å². The zero-order valence-corrected chi connectivity index (χ0v) is 17.4. The average Bonchev–Trinajstić information content (AvgIpc) is 2.80. The molecule has 160 valence electrons. The Labute approximate surface area is 176 Å². The van der Waals surface area contributed by atoms with Gasteiger partial charge in [0.25, 0.3) is 11.8 Å². The highest BCUT2D eigenvalue weighted by molar-refractivity contribution is 5.95. The minimum Gasteiger partial charge on any atom is -0.467 e. The molecular formula is C23H28N2O5. The van der Waals surface area contributed by atoms with Crippen molar-refractivity contribution in [2.75, 3.05) is 7.11 Å². The Morgan fingerprint density at radius 2 is 1.53 bits per heavy atom. The molecular weight excluding hydrogens is 384 g/mol. The molecule has 2 aromatic carbocycles. The Morgan fingerprint density at radius 3 is 2.07 bits per heavy atom. The van der Waals surface area contributed by atoms with E-state index in [1.54, 1.807) is 67.6 Å². The summed E-state index contributed by atoms with van der Waals surface area (Å²) in [5, 5.41) is 16.1. The first-order valence-corrected chi connectivity index (χ1v) is 9.86. The van der Waals surface area contributed by atoms with Gasteiger partial charge in [-0.05, 0) is 23.6 Å². The van der Waals surface area contributed by atoms with E-state index in [9.17, 15) is 19.5 Å². The summed E-state index contributed by atoms with van der Waals surface area (Å²) in [5.41, 5.74) is 0.959. The number of hydrogen-bond donors (Lipinski definition) is 3. The van der Waals surface area contributed by atoms with Gasteiger partial charge in [0.2, 0.25) is 0 Å². The van der Waals surface area contributed by atoms with Crippen LogP contribution >= 0.6 is 0 Å². The van der Waals surface area contributed by atoms with Crippen molar-refractivity contribution in [2.45, 2.75) is 38.5 Å². The number of aliphatic hydroxyl groups is 1. The predicted octanol–water partition coefficient (Wildman–Crippen LogP) is 2.22. The van der Waals surface area contributed by atoms with Crippen molar-refractivity contribution in [3.8, 4) is 0 Å². The van der Waals surface area contributed by atoms with Crippen molar-refractivity contribution in [1.29, 1.82) is 0 Å². The van der Waals surface area contributed by atoms with Crippen LogP contribution in [0.5, 0.6) is 0 Å². The molecule has 2 aromatic rings. The van der Waals surface area contributed by atoms with Crippen molar-refractivity contribution in [3.63, 3.8) is 0 Å². The second-order valence-electron chi connectivity index (χ2n) is 7.07. The third-order valence-electron chi connectivity index (χ3n) is 5.03. The topological polar surface area (TPSA) is 105 Å². The number of benzene rings is 2. The highest BCUT2D eigenvalue weighted by Crippen LogP contribution is 2.19. The third kappa shape index (κ3) is 5.90. The van der Waals surface area contributed by atoms with Gasteiger partial charge in [-0.15, -0.1) is 0 Å². The van der Waals surface area contributed by atoms with Gasteiger partial charge in [-0.1, -0.05) is 68.8 Å². The average molecular weight is 412 g/mol. The van der Waals surface area contributed by atoms with Crippen LogP contribution in [0.3, 0.4) is 0 Å². The van der Waals surface area contributed by atoms with Gasteiger partial charge < -0.3 is 20.5 Å². The Hall–Kier alpha value is -3.19. The van der Waals surface area contributed by atoms with Crippen LogP contribution in [-0.4, -0.2) is 42.1 Å². The maximum absolute atomic E-state index is 12.8. The number of rotatable bonds is 9. The van der Waals surface area contributed by atoms with Crippen LogP contribution in [0.4, 0.5) is 0 Å². The second kappa shape index (κ2) is 11.1. The van der Waals surface area contributed by atoms with Gasteiger partial charge in [-0.25, -0.2) is 4.79 Å². The summed E-state index contributed by atoms with van der Waals surface area (Å²) in [5.74, 6) is -1.98. The monoisotopic (exact) mass is 412 g/mol. The highest BCUT2D eigenvalue weighted by atomic mass is 16.5. The van der Waals surface area contributed by atoms with Gasteiger partial charge in [-0.3, -0.25) is 9.59 Å². The zero-order chi connectivity index (χ0) is 22.1. The fourth-order valence-corrected chi connectivity index (χ4v) is 3.01. The molecule has 0 aliphatic heterocycles. The smallest absolute Gasteiger partial charge is 0.328 e. The van der Waals surface area contributed by atoms with Crippen LogP contribution in [0, 0.1) is 5.92 Å². The van der Waals surface area contributed by atoms with E-state index in [0.717, 1.165) is 0 Å². The van der Waals surface area contributed by atoms with Gasteiger partial charge in [0.05, 0.1) is 13.2 Å². The van der Waals surface area contributed by atoms with Crippen molar-refractivity contribution in [2.24, 2.45) is 5.92 Å². The fourth-order valence-electron chi connectivity index (χ4n) is 3.01. The Balaban J connectivity index is 2.25. The number of methoxy groups -OCH3 is 1. The van der Waals surface area contributed by atoms with E-state index in [4.69, 9.17) is 4.74 Å². The SMILES string of the molecule is CC[C@@H](C)[C@@H](NC(=O)[C@H](O)[C@@H](NC(=O)c1ccccc1)c1ccccc1)C(=O)OC. The summed E-state index contributed by atoms with van der Waals surface area (Å²) in [6, 6.07) is 15.3. The largest absolute Gasteiger partial charge is 0.467 e. The minimum atomic E-state index is -1.61. The van der Waals surface area contributed by atoms with Crippen molar-refractivity contribution >= 4 is 17.8 Å². The number of nitrogens with one attached hydrogen (secondary N) is 2. The van der Waals surface area contributed by atoms with Crippen LogP contribution in [0.1, 0.15) is 42.2 Å². The molecule has 2 amide bonds. The van der Waals surface area contributed by atoms with Gasteiger partial charge >= 0.3 is 5.97 Å². The Kier molecular flexibility index (Phi) is 8.55. The van der Waals surface area contributed by atoms with Gasteiger partial charge in [0, 0.05) is 5.56 Å². The molecule has 0 radical (unpaired) electrons. The van der Waals surface area contributed by atoms with Crippen LogP contribution in [-0.2, 0) is 14.3 Å². The maximum Gasteiger partial charge on any atom is 0.328 e. The molecule has 2 rings (SSSR count). The molecule has 3 N–H and O–H groups in total. The third-order valence-corrected chi connectivity index (χ3v) is 5.03. The number of carbonyl (C=O) groups is 3. The van der Waals surface area contributed by atoms with E-state index < -0.39 is 36.0 Å². The summed E-state index contributed by atoms with van der Waals surface area (Å²) >= 11 is 0. The van der Waals surface area contributed by atoms with Crippen LogP contribution in [0.25, 0.3) is 0 Å². The van der Waals surface area contributed by atoms with Gasteiger partial charge in [0.1, 0.15) is 6.04 Å². The van der Waals surface area contributed by atoms with Crippen molar-refractivity contribution in [1.82, 2.24) is 10.6 Å². The van der Waals surface area contributed by atoms with E-state index in [1.807, 2.05) is 6.92 Å². The quantitative estimate of drug-likeness (QED) is 0.548. The number of ether oxygens (including phenoxy) is 1. The molecule has 0 aliphatic rings. The number of esters is 1. The first-order valence-electron chi connectivity index (χ1n) is 9.86. The van der Waals surface area contributed by atoms with E-state index in [-0.39, 0.29) is 5.92 Å². The number of amides is 2. The fraction of sp³-hybridized carbons (Fsp3) is 0.348. The minimum absolute atomic E-state index is 0.192. The summed E-state index contributed by atoms with van der Waals surface area (Å²) in [6.45, 7) is 3.69. The maximum atomic E-state index is 12.8. The van der Waals surface area contributed by atoms with E-state index in [0.29, 0.717) is 17.5 Å². The molecule has 0 saturated carbocycles. The molecule has 0 fully saturated rings. The molecule has 0 aliphatic carbocycles. The summed E-state index contributed by atoms with van der Waals surface area (Å²) < 4.78 is 4.78. The molecule has 0 aromatic heterocycles. The van der Waals surface area contributed by atoms with Crippen LogP contribution in [0.15, 0.2) is 60.7 Å². The lowest BCUT2D eigenvalue weighted by molar-refractivity contribution is -0.148. The zero-order valence-electron chi connectivity index (χ0n) is 17.4. The number of hydrogen-bond acceptors (Lipinski definition) is 5. The summed E-state index contributed by atoms with van der Waals surface area (Å²) in [4.78, 5) is 37.6. The first-order chi connectivity index (χ1) is 14.4. The molecule has 4 atom stereocenters. The number of aliphatic hydroxyl groups excluding tert-OH is 1. The molecule has 0 bridgehead atoms. The number of carbonyl (C=O) groups excluding carboxylic acids is 3. The molecule has 0 unspecified atom stereocenters. The summed E-state index contributed by atoms with van der Waals surface area (Å²) in [7, 11) is 1.24.